The summed E-state index contributed by atoms with van der Waals surface area (Å²) in [6.45, 7) is 0. The van der Waals surface area contributed by atoms with Gasteiger partial charge in [0.25, 0.3) is 0 Å². The smallest absolute Gasteiger partial charge is 0.121 e. The lowest BCUT2D eigenvalue weighted by Gasteiger charge is -2.22. The first-order chi connectivity index (χ1) is 10.2. The highest BCUT2D eigenvalue weighted by Gasteiger charge is 2.27. The van der Waals surface area contributed by atoms with Crippen molar-refractivity contribution < 1.29 is 5.21 Å². The third-order valence-electron chi connectivity index (χ3n) is 3.67. The first kappa shape index (κ1) is 12.7. The van der Waals surface area contributed by atoms with Crippen LogP contribution in [0.2, 0.25) is 0 Å². The minimum absolute atomic E-state index is 0.121. The molecule has 3 aromatic rings. The Balaban J connectivity index is 1.79. The maximum absolute atomic E-state index is 10.9. The van der Waals surface area contributed by atoms with Gasteiger partial charge in [0.05, 0.1) is 22.5 Å². The molecule has 0 radical (unpaired) electrons. The van der Waals surface area contributed by atoms with E-state index in [1.54, 1.807) is 23.9 Å². The molecule has 2 aromatic carbocycles. The first-order valence-electron chi connectivity index (χ1n) is 6.57. The number of hydrogen-bond acceptors (Lipinski definition) is 5. The molecule has 0 bridgehead atoms. The molecule has 0 amide bonds. The molecule has 106 valence electrons. The van der Waals surface area contributed by atoms with Crippen LogP contribution in [0.25, 0.3) is 11.0 Å². The Bertz CT molecular complexity index is 798. The summed E-state index contributed by atoms with van der Waals surface area (Å²) in [6, 6.07) is 15.1. The predicted molar refractivity (Wildman–Crippen MR) is 83.2 cm³/mol. The van der Waals surface area contributed by atoms with Crippen LogP contribution in [0, 0.1) is 5.21 Å². The van der Waals surface area contributed by atoms with Gasteiger partial charge in [0.2, 0.25) is 0 Å². The maximum Gasteiger partial charge on any atom is 0.121 e. The van der Waals surface area contributed by atoms with E-state index >= 15 is 0 Å². The molecule has 0 spiro atoms. The van der Waals surface area contributed by atoms with Gasteiger partial charge in [0, 0.05) is 0 Å². The number of para-hydroxylation sites is 2. The highest BCUT2D eigenvalue weighted by atomic mass is 32.2. The zero-order valence-corrected chi connectivity index (χ0v) is 11.8. The van der Waals surface area contributed by atoms with Crippen molar-refractivity contribution >= 4 is 28.5 Å². The summed E-state index contributed by atoms with van der Waals surface area (Å²) in [4.78, 5) is 4.66. The van der Waals surface area contributed by atoms with Crippen molar-refractivity contribution in [3.63, 3.8) is 0 Å². The van der Waals surface area contributed by atoms with Crippen molar-refractivity contribution in [3.8, 4) is 0 Å². The second kappa shape index (κ2) is 4.77. The van der Waals surface area contributed by atoms with Crippen LogP contribution in [0.5, 0.6) is 0 Å². The van der Waals surface area contributed by atoms with Gasteiger partial charge in [-0.15, -0.1) is 11.8 Å². The third-order valence-corrected chi connectivity index (χ3v) is 4.90. The lowest BCUT2D eigenvalue weighted by molar-refractivity contribution is 0.296. The van der Waals surface area contributed by atoms with Gasteiger partial charge in [-0.1, -0.05) is 24.3 Å². The molecular weight excluding hydrogens is 286 g/mol. The largest absolute Gasteiger partial charge is 0.733 e. The van der Waals surface area contributed by atoms with Gasteiger partial charge in [-0.2, -0.15) is 0 Å². The minimum atomic E-state index is -0.121. The Hall–Kier alpha value is -2.02. The predicted octanol–water partition coefficient (Wildman–Crippen LogP) is 3.52. The average Bonchev–Trinajstić information content (AvgIpc) is 3.06. The minimum Gasteiger partial charge on any atom is -0.733 e. The molecule has 1 N–H and O–H groups in total. The zero-order valence-electron chi connectivity index (χ0n) is 11.0. The summed E-state index contributed by atoms with van der Waals surface area (Å²) in [5.74, 6) is 1.94. The number of imidazole rings is 1. The fraction of sp³-hybridized carbons (Fsp3) is 0.133. The normalized spacial score (nSPS) is 17.1. The van der Waals surface area contributed by atoms with Gasteiger partial charge in [0.15, 0.2) is 0 Å². The van der Waals surface area contributed by atoms with E-state index in [1.807, 2.05) is 30.3 Å². The topological polar surface area (TPSA) is 64.3 Å². The highest BCUT2D eigenvalue weighted by Crippen LogP contribution is 2.42. The van der Waals surface area contributed by atoms with Crippen LogP contribution in [0.4, 0.5) is 5.69 Å². The van der Waals surface area contributed by atoms with Gasteiger partial charge < -0.3 is 15.0 Å². The van der Waals surface area contributed by atoms with Crippen LogP contribution in [-0.2, 0) is 5.75 Å². The van der Waals surface area contributed by atoms with Crippen molar-refractivity contribution in [3.05, 3.63) is 65.1 Å². The molecule has 2 heterocycles. The second-order valence-corrected chi connectivity index (χ2v) is 5.98. The molecular formula is C15H12N3O2S-. The Morgan fingerprint density at radius 1 is 1.19 bits per heavy atom. The highest BCUT2D eigenvalue weighted by molar-refractivity contribution is 7.99. The maximum atomic E-state index is 10.9. The van der Waals surface area contributed by atoms with Gasteiger partial charge >= 0.3 is 0 Å². The standard InChI is InChI=1S/C15H12N3O2S/c19-18(20)11-7-5-10(6-8-11)15-17-13-4-2-1-3-12(13)16-14(17)9-21-15/h1-8,15,19H,9H2/q-1. The molecule has 0 fully saturated rings. The number of hydrogen-bond donors (Lipinski definition) is 1. The number of aromatic nitrogens is 2. The Kier molecular flexibility index (Phi) is 2.88. The number of nitrogens with zero attached hydrogens (tertiary/aromatic N) is 3. The van der Waals surface area contributed by atoms with E-state index in [2.05, 4.69) is 15.6 Å². The molecule has 1 atom stereocenters. The van der Waals surface area contributed by atoms with Crippen LogP contribution in [0.3, 0.4) is 0 Å². The molecule has 21 heavy (non-hydrogen) atoms. The SMILES string of the molecule is [O-]N(O)c1ccc(C2SCc3nc4ccccc4n32)cc1. The summed E-state index contributed by atoms with van der Waals surface area (Å²) >= 11 is 1.81. The van der Waals surface area contributed by atoms with Crippen molar-refractivity contribution in [2.45, 2.75) is 11.1 Å². The van der Waals surface area contributed by atoms with E-state index in [1.165, 1.54) is 0 Å². The summed E-state index contributed by atoms with van der Waals surface area (Å²) in [5, 5.41) is 19.8. The van der Waals surface area contributed by atoms with E-state index in [-0.39, 0.29) is 16.3 Å². The summed E-state index contributed by atoms with van der Waals surface area (Å²) in [5.41, 5.74) is 3.46. The Morgan fingerprint density at radius 3 is 2.71 bits per heavy atom. The van der Waals surface area contributed by atoms with Crippen molar-refractivity contribution in [1.82, 2.24) is 9.55 Å². The van der Waals surface area contributed by atoms with Crippen LogP contribution >= 0.6 is 11.8 Å². The molecule has 1 unspecified atom stereocenters. The zero-order chi connectivity index (χ0) is 14.4. The number of fused-ring (bicyclic) bond motifs is 3. The van der Waals surface area contributed by atoms with E-state index in [4.69, 9.17) is 5.21 Å². The fourth-order valence-corrected chi connectivity index (χ4v) is 3.94. The van der Waals surface area contributed by atoms with Crippen molar-refractivity contribution in [2.24, 2.45) is 0 Å². The molecule has 4 rings (SSSR count). The van der Waals surface area contributed by atoms with Crippen LogP contribution in [0.1, 0.15) is 16.8 Å². The van der Waals surface area contributed by atoms with Crippen molar-refractivity contribution in [2.75, 3.05) is 5.23 Å². The second-order valence-electron chi connectivity index (χ2n) is 4.91. The number of thioether (sulfide) groups is 1. The van der Waals surface area contributed by atoms with Crippen molar-refractivity contribution in [1.29, 1.82) is 0 Å². The van der Waals surface area contributed by atoms with E-state index in [0.29, 0.717) is 0 Å². The van der Waals surface area contributed by atoms with Gasteiger partial charge in [-0.05, 0) is 29.8 Å². The van der Waals surface area contributed by atoms with E-state index in [9.17, 15) is 5.21 Å². The molecule has 5 nitrogen and oxygen atoms in total. The van der Waals surface area contributed by atoms with E-state index < -0.39 is 0 Å². The Labute approximate surface area is 125 Å². The molecule has 1 aliphatic heterocycles. The van der Waals surface area contributed by atoms with Gasteiger partial charge in [-0.25, -0.2) is 4.98 Å². The first-order valence-corrected chi connectivity index (χ1v) is 7.62. The lowest BCUT2D eigenvalue weighted by Crippen LogP contribution is -2.08. The molecule has 0 saturated heterocycles. The van der Waals surface area contributed by atoms with E-state index in [0.717, 1.165) is 28.2 Å². The quantitative estimate of drug-likeness (QED) is 0.733. The molecule has 0 saturated carbocycles. The summed E-state index contributed by atoms with van der Waals surface area (Å²) in [6.07, 6.45) is 0. The third kappa shape index (κ3) is 1.99. The molecule has 0 aliphatic carbocycles. The molecule has 1 aliphatic rings. The van der Waals surface area contributed by atoms with Crippen LogP contribution in [0.15, 0.2) is 48.5 Å². The van der Waals surface area contributed by atoms with Gasteiger partial charge in [-0.3, -0.25) is 5.21 Å². The number of rotatable bonds is 2. The number of anilines is 1. The lowest BCUT2D eigenvalue weighted by atomic mass is 10.2. The Morgan fingerprint density at radius 2 is 1.95 bits per heavy atom. The fourth-order valence-electron chi connectivity index (χ4n) is 2.70. The summed E-state index contributed by atoms with van der Waals surface area (Å²) in [7, 11) is 0. The van der Waals surface area contributed by atoms with Crippen LogP contribution in [-0.4, -0.2) is 14.8 Å². The molecule has 1 aromatic heterocycles. The molecule has 6 heteroatoms. The van der Waals surface area contributed by atoms with Gasteiger partial charge in [0.1, 0.15) is 11.2 Å². The average molecular weight is 298 g/mol. The number of benzene rings is 2. The summed E-state index contributed by atoms with van der Waals surface area (Å²) < 4.78 is 2.24. The van der Waals surface area contributed by atoms with Crippen LogP contribution < -0.4 is 5.23 Å². The monoisotopic (exact) mass is 298 g/mol.